The molecule has 2 unspecified atom stereocenters. The number of alkyl halides is 1. The average Bonchev–Trinajstić information content (AvgIpc) is 2.67. The Kier molecular flexibility index (Phi) is 8.54. The fraction of sp³-hybridized carbons (Fsp3) is 0.222. The largest absolute Gasteiger partial charge is 0.468 e. The second-order valence-corrected chi connectivity index (χ2v) is 5.07. The normalized spacial score (nSPS) is 12.2. The van der Waals surface area contributed by atoms with Gasteiger partial charge in [-0.2, -0.15) is 0 Å². The number of aliphatic hydroxyl groups is 1. The van der Waals surface area contributed by atoms with Gasteiger partial charge in [-0.05, 0) is 11.1 Å². The van der Waals surface area contributed by atoms with Crippen LogP contribution in [0.25, 0.3) is 0 Å². The molecule has 0 aliphatic heterocycles. The minimum atomic E-state index is -1.17. The average molecular weight is 351 g/mol. The molecule has 1 N–H and O–H groups in total. The van der Waals surface area contributed by atoms with Gasteiger partial charge < -0.3 is 14.6 Å². The smallest absolute Gasteiger partial charge is 0.339 e. The van der Waals surface area contributed by atoms with E-state index in [9.17, 15) is 14.7 Å². The Hall–Kier alpha value is -2.37. The first-order valence-electron chi connectivity index (χ1n) is 7.09. The van der Waals surface area contributed by atoms with Gasteiger partial charge in [-0.25, -0.2) is 4.79 Å². The monoisotopic (exact) mass is 350 g/mol. The van der Waals surface area contributed by atoms with Crippen LogP contribution in [-0.2, 0) is 19.1 Å². The van der Waals surface area contributed by atoms with E-state index in [1.807, 2.05) is 24.3 Å². The van der Waals surface area contributed by atoms with Crippen LogP contribution in [0.3, 0.4) is 0 Å². The number of carbonyl (C=O) groups excluding carboxylic acids is 2. The number of halogens is 1. The van der Waals surface area contributed by atoms with Crippen molar-refractivity contribution >= 4 is 23.5 Å². The predicted octanol–water partition coefficient (Wildman–Crippen LogP) is 3.03. The molecule has 0 spiro atoms. The molecule has 0 fully saturated rings. The molecule has 2 aromatic rings. The van der Waals surface area contributed by atoms with Crippen molar-refractivity contribution in [3.63, 3.8) is 0 Å². The van der Waals surface area contributed by atoms with Gasteiger partial charge in [0.1, 0.15) is 0 Å². The van der Waals surface area contributed by atoms with Crippen molar-refractivity contribution in [2.24, 2.45) is 0 Å². The lowest BCUT2D eigenvalue weighted by molar-refractivity contribution is -0.150. The van der Waals surface area contributed by atoms with Crippen LogP contribution in [-0.4, -0.2) is 31.3 Å². The summed E-state index contributed by atoms with van der Waals surface area (Å²) in [7, 11) is 2.56. The van der Waals surface area contributed by atoms with Gasteiger partial charge >= 0.3 is 11.9 Å². The molecule has 2 aromatic carbocycles. The van der Waals surface area contributed by atoms with Crippen LogP contribution >= 0.6 is 11.6 Å². The standard InChI is InChI=1S/C9H9ClO2.C9H10O3/c2*1-12-9(11)8(10)7-5-3-2-4-6-7/h2-6,8H,1H3;2-6,8,10H,1H3. The van der Waals surface area contributed by atoms with Gasteiger partial charge in [-0.3, -0.25) is 4.79 Å². The van der Waals surface area contributed by atoms with E-state index in [1.54, 1.807) is 36.4 Å². The zero-order chi connectivity index (χ0) is 17.9. The van der Waals surface area contributed by atoms with Crippen molar-refractivity contribution in [3.8, 4) is 0 Å². The van der Waals surface area contributed by atoms with Crippen molar-refractivity contribution in [2.45, 2.75) is 11.5 Å². The van der Waals surface area contributed by atoms with Gasteiger partial charge in [0.15, 0.2) is 11.5 Å². The Morgan fingerprint density at radius 2 is 1.25 bits per heavy atom. The molecule has 2 rings (SSSR count). The first-order valence-corrected chi connectivity index (χ1v) is 7.52. The Bertz CT molecular complexity index is 573. The van der Waals surface area contributed by atoms with Crippen LogP contribution in [0.15, 0.2) is 60.7 Å². The van der Waals surface area contributed by atoms with Crippen molar-refractivity contribution < 1.29 is 24.2 Å². The van der Waals surface area contributed by atoms with Gasteiger partial charge in [-0.15, -0.1) is 11.6 Å². The molecule has 0 bridgehead atoms. The van der Waals surface area contributed by atoms with Crippen LogP contribution in [0, 0.1) is 0 Å². The molecule has 0 saturated heterocycles. The highest BCUT2D eigenvalue weighted by atomic mass is 35.5. The number of ether oxygens (including phenoxy) is 2. The Balaban J connectivity index is 0.000000240. The second-order valence-electron chi connectivity index (χ2n) is 4.63. The summed E-state index contributed by atoms with van der Waals surface area (Å²) in [5.41, 5.74) is 1.30. The third-order valence-electron chi connectivity index (χ3n) is 3.04. The number of hydrogen-bond donors (Lipinski definition) is 1. The summed E-state index contributed by atoms with van der Waals surface area (Å²) < 4.78 is 8.87. The van der Waals surface area contributed by atoms with E-state index >= 15 is 0 Å². The fourth-order valence-electron chi connectivity index (χ4n) is 1.74. The van der Waals surface area contributed by atoms with E-state index < -0.39 is 23.4 Å². The van der Waals surface area contributed by atoms with Crippen molar-refractivity contribution in [1.82, 2.24) is 0 Å². The number of carbonyl (C=O) groups is 2. The van der Waals surface area contributed by atoms with Crippen LogP contribution < -0.4 is 0 Å². The number of benzene rings is 2. The summed E-state index contributed by atoms with van der Waals surface area (Å²) in [4.78, 5) is 21.8. The molecule has 128 valence electrons. The quantitative estimate of drug-likeness (QED) is 0.677. The molecule has 0 saturated carbocycles. The summed E-state index contributed by atoms with van der Waals surface area (Å²) in [6.45, 7) is 0. The first-order chi connectivity index (χ1) is 11.5. The summed E-state index contributed by atoms with van der Waals surface area (Å²) in [5, 5.41) is 8.62. The van der Waals surface area contributed by atoms with E-state index in [-0.39, 0.29) is 0 Å². The lowest BCUT2D eigenvalue weighted by Gasteiger charge is -2.07. The molecular formula is C18H19ClO5. The van der Waals surface area contributed by atoms with Crippen LogP contribution in [0.5, 0.6) is 0 Å². The number of esters is 2. The number of rotatable bonds is 4. The summed E-state index contributed by atoms with van der Waals surface area (Å²) in [5.74, 6) is -1.07. The summed E-state index contributed by atoms with van der Waals surface area (Å²) in [6, 6.07) is 17.7. The topological polar surface area (TPSA) is 72.8 Å². The maximum absolute atomic E-state index is 11.0. The summed E-state index contributed by atoms with van der Waals surface area (Å²) >= 11 is 5.78. The highest BCUT2D eigenvalue weighted by Gasteiger charge is 2.17. The molecule has 0 amide bonds. The molecule has 0 aliphatic carbocycles. The molecule has 2 atom stereocenters. The maximum Gasteiger partial charge on any atom is 0.339 e. The molecule has 5 nitrogen and oxygen atoms in total. The van der Waals surface area contributed by atoms with Gasteiger partial charge in [-0.1, -0.05) is 60.7 Å². The first kappa shape index (κ1) is 19.7. The van der Waals surface area contributed by atoms with Crippen LogP contribution in [0.1, 0.15) is 22.6 Å². The highest BCUT2D eigenvalue weighted by molar-refractivity contribution is 6.29. The highest BCUT2D eigenvalue weighted by Crippen LogP contribution is 2.20. The van der Waals surface area contributed by atoms with E-state index in [4.69, 9.17) is 11.6 Å². The molecule has 0 heterocycles. The zero-order valence-electron chi connectivity index (χ0n) is 13.4. The van der Waals surface area contributed by atoms with Gasteiger partial charge in [0.05, 0.1) is 14.2 Å². The molecular weight excluding hydrogens is 332 g/mol. The Morgan fingerprint density at radius 3 is 1.67 bits per heavy atom. The number of hydrogen-bond acceptors (Lipinski definition) is 5. The summed E-state index contributed by atoms with van der Waals surface area (Å²) in [6.07, 6.45) is -1.17. The van der Waals surface area contributed by atoms with E-state index in [0.717, 1.165) is 5.56 Å². The van der Waals surface area contributed by atoms with Crippen LogP contribution in [0.2, 0.25) is 0 Å². The van der Waals surface area contributed by atoms with Crippen LogP contribution in [0.4, 0.5) is 0 Å². The third-order valence-corrected chi connectivity index (χ3v) is 3.47. The van der Waals surface area contributed by atoms with Crippen molar-refractivity contribution in [3.05, 3.63) is 71.8 Å². The zero-order valence-corrected chi connectivity index (χ0v) is 14.1. The van der Waals surface area contributed by atoms with Crippen molar-refractivity contribution in [2.75, 3.05) is 14.2 Å². The fourth-order valence-corrected chi connectivity index (χ4v) is 1.98. The minimum absolute atomic E-state index is 0.428. The number of methoxy groups -OCH3 is 2. The molecule has 0 aliphatic rings. The Labute approximate surface area is 145 Å². The van der Waals surface area contributed by atoms with Crippen molar-refractivity contribution in [1.29, 1.82) is 0 Å². The Morgan fingerprint density at radius 1 is 0.833 bits per heavy atom. The molecule has 24 heavy (non-hydrogen) atoms. The predicted molar refractivity (Wildman–Crippen MR) is 90.5 cm³/mol. The third kappa shape index (κ3) is 6.02. The lowest BCUT2D eigenvalue weighted by Crippen LogP contribution is -2.13. The van der Waals surface area contributed by atoms with Gasteiger partial charge in [0.25, 0.3) is 0 Å². The van der Waals surface area contributed by atoms with E-state index in [1.165, 1.54) is 14.2 Å². The minimum Gasteiger partial charge on any atom is -0.468 e. The van der Waals surface area contributed by atoms with Gasteiger partial charge in [0.2, 0.25) is 0 Å². The molecule has 0 aromatic heterocycles. The second kappa shape index (κ2) is 10.4. The van der Waals surface area contributed by atoms with E-state index in [2.05, 4.69) is 9.47 Å². The maximum atomic E-state index is 11.0. The molecule has 0 radical (unpaired) electrons. The SMILES string of the molecule is COC(=O)C(Cl)c1ccccc1.COC(=O)C(O)c1ccccc1. The lowest BCUT2D eigenvalue weighted by atomic mass is 10.1. The van der Waals surface area contributed by atoms with E-state index in [0.29, 0.717) is 5.56 Å². The van der Waals surface area contributed by atoms with Gasteiger partial charge in [0, 0.05) is 0 Å². The number of aliphatic hydroxyl groups excluding tert-OH is 1. The molecule has 6 heteroatoms.